The van der Waals surface area contributed by atoms with Gasteiger partial charge in [0.25, 0.3) is 0 Å². The highest BCUT2D eigenvalue weighted by Crippen LogP contribution is 2.31. The SMILES string of the molecule is COc1ccc(F)cc1S(=O)(=O)N1CCC[C@@H](C(=O)N(C)c2ccccc2)C1. The van der Waals surface area contributed by atoms with Crippen molar-refractivity contribution < 1.29 is 22.3 Å². The fourth-order valence-corrected chi connectivity index (χ4v) is 5.10. The van der Waals surface area contributed by atoms with E-state index >= 15 is 0 Å². The number of amides is 1. The first kappa shape index (κ1) is 20.3. The minimum Gasteiger partial charge on any atom is -0.495 e. The Morgan fingerprint density at radius 3 is 2.61 bits per heavy atom. The predicted octanol–water partition coefficient (Wildman–Crippen LogP) is 2.90. The minimum absolute atomic E-state index is 0.0536. The van der Waals surface area contributed by atoms with Crippen LogP contribution in [0, 0.1) is 11.7 Å². The number of carbonyl (C=O) groups excluding carboxylic acids is 1. The lowest BCUT2D eigenvalue weighted by atomic mass is 9.98. The number of hydrogen-bond acceptors (Lipinski definition) is 4. The molecule has 3 rings (SSSR count). The number of ether oxygens (including phenoxy) is 1. The van der Waals surface area contributed by atoms with Crippen LogP contribution < -0.4 is 9.64 Å². The average Bonchev–Trinajstić information content (AvgIpc) is 2.73. The molecule has 1 saturated heterocycles. The summed E-state index contributed by atoms with van der Waals surface area (Å²) in [6.45, 7) is 0.332. The summed E-state index contributed by atoms with van der Waals surface area (Å²) in [7, 11) is -0.968. The van der Waals surface area contributed by atoms with E-state index in [1.165, 1.54) is 17.5 Å². The highest BCUT2D eigenvalue weighted by Gasteiger charge is 2.36. The Morgan fingerprint density at radius 1 is 1.21 bits per heavy atom. The molecule has 8 heteroatoms. The number of hydrogen-bond donors (Lipinski definition) is 0. The molecule has 1 amide bonds. The van der Waals surface area contributed by atoms with Gasteiger partial charge in [-0.2, -0.15) is 4.31 Å². The van der Waals surface area contributed by atoms with Crippen LogP contribution in [0.15, 0.2) is 53.4 Å². The standard InChI is InChI=1S/C20H23FN2O4S/c1-22(17-8-4-3-5-9-17)20(24)15-7-6-12-23(14-15)28(25,26)19-13-16(21)10-11-18(19)27-2/h3-5,8-11,13,15H,6-7,12,14H2,1-2H3/t15-/m1/s1. The smallest absolute Gasteiger partial charge is 0.246 e. The van der Waals surface area contributed by atoms with Crippen LogP contribution >= 0.6 is 0 Å². The molecule has 0 bridgehead atoms. The average molecular weight is 406 g/mol. The molecule has 0 unspecified atom stereocenters. The summed E-state index contributed by atoms with van der Waals surface area (Å²) in [5.41, 5.74) is 0.749. The van der Waals surface area contributed by atoms with Crippen molar-refractivity contribution in [2.75, 3.05) is 32.1 Å². The van der Waals surface area contributed by atoms with Crippen molar-refractivity contribution in [2.45, 2.75) is 17.7 Å². The first-order chi connectivity index (χ1) is 13.3. The molecule has 150 valence electrons. The van der Waals surface area contributed by atoms with Crippen LogP contribution in [-0.4, -0.2) is 45.9 Å². The Balaban J connectivity index is 1.83. The van der Waals surface area contributed by atoms with Gasteiger partial charge < -0.3 is 9.64 Å². The summed E-state index contributed by atoms with van der Waals surface area (Å²) < 4.78 is 46.2. The fraction of sp³-hybridized carbons (Fsp3) is 0.350. The molecule has 1 aliphatic rings. The number of benzene rings is 2. The van der Waals surface area contributed by atoms with Crippen molar-refractivity contribution in [3.8, 4) is 5.75 Å². The van der Waals surface area contributed by atoms with Gasteiger partial charge in [-0.25, -0.2) is 12.8 Å². The maximum Gasteiger partial charge on any atom is 0.246 e. The lowest BCUT2D eigenvalue weighted by Gasteiger charge is -2.33. The van der Waals surface area contributed by atoms with Crippen LogP contribution in [-0.2, 0) is 14.8 Å². The minimum atomic E-state index is -3.99. The van der Waals surface area contributed by atoms with Crippen molar-refractivity contribution in [2.24, 2.45) is 5.92 Å². The summed E-state index contributed by atoms with van der Waals surface area (Å²) in [4.78, 5) is 14.2. The third kappa shape index (κ3) is 4.02. The Kier molecular flexibility index (Phi) is 6.00. The van der Waals surface area contributed by atoms with Gasteiger partial charge >= 0.3 is 0 Å². The molecule has 6 nitrogen and oxygen atoms in total. The molecule has 2 aromatic rings. The Hall–Kier alpha value is -2.45. The van der Waals surface area contributed by atoms with Crippen LogP contribution in [0.1, 0.15) is 12.8 Å². The predicted molar refractivity (Wildman–Crippen MR) is 104 cm³/mol. The summed E-state index contributed by atoms with van der Waals surface area (Å²) in [5.74, 6) is -1.19. The zero-order chi connectivity index (χ0) is 20.3. The van der Waals surface area contributed by atoms with Gasteiger partial charge in [-0.05, 0) is 43.2 Å². The lowest BCUT2D eigenvalue weighted by Crippen LogP contribution is -2.46. The number of halogens is 1. The van der Waals surface area contributed by atoms with Gasteiger partial charge in [0.05, 0.1) is 13.0 Å². The first-order valence-corrected chi connectivity index (χ1v) is 10.4. The van der Waals surface area contributed by atoms with Crippen LogP contribution in [0.2, 0.25) is 0 Å². The Bertz CT molecular complexity index is 950. The maximum atomic E-state index is 13.7. The van der Waals surface area contributed by atoms with E-state index in [0.29, 0.717) is 12.8 Å². The third-order valence-corrected chi connectivity index (χ3v) is 6.84. The van der Waals surface area contributed by atoms with E-state index in [9.17, 15) is 17.6 Å². The third-order valence-electron chi connectivity index (χ3n) is 4.95. The second-order valence-corrected chi connectivity index (χ2v) is 8.64. The Morgan fingerprint density at radius 2 is 1.93 bits per heavy atom. The fourth-order valence-electron chi connectivity index (χ4n) is 3.41. The second kappa shape index (κ2) is 8.28. The number of carbonyl (C=O) groups is 1. The maximum absolute atomic E-state index is 13.7. The quantitative estimate of drug-likeness (QED) is 0.766. The number of rotatable bonds is 5. The van der Waals surface area contributed by atoms with Crippen LogP contribution in [0.5, 0.6) is 5.75 Å². The van der Waals surface area contributed by atoms with Gasteiger partial charge in [-0.3, -0.25) is 4.79 Å². The van der Waals surface area contributed by atoms with Crippen LogP contribution in [0.25, 0.3) is 0 Å². The molecule has 0 N–H and O–H groups in total. The van der Waals surface area contributed by atoms with Crippen LogP contribution in [0.3, 0.4) is 0 Å². The molecule has 0 radical (unpaired) electrons. The summed E-state index contributed by atoms with van der Waals surface area (Å²) >= 11 is 0. The van der Waals surface area contributed by atoms with Crippen molar-refractivity contribution in [3.63, 3.8) is 0 Å². The number of para-hydroxylation sites is 1. The molecule has 0 saturated carbocycles. The molecule has 2 aromatic carbocycles. The van der Waals surface area contributed by atoms with E-state index in [1.807, 2.05) is 30.3 Å². The molecule has 0 aliphatic carbocycles. The van der Waals surface area contributed by atoms with E-state index in [4.69, 9.17) is 4.74 Å². The Labute approximate surface area is 164 Å². The van der Waals surface area contributed by atoms with Gasteiger partial charge in [0.2, 0.25) is 15.9 Å². The van der Waals surface area contributed by atoms with Crippen molar-refractivity contribution >= 4 is 21.6 Å². The van der Waals surface area contributed by atoms with Crippen LogP contribution in [0.4, 0.5) is 10.1 Å². The lowest BCUT2D eigenvalue weighted by molar-refractivity contribution is -0.123. The summed E-state index contributed by atoms with van der Waals surface area (Å²) in [5, 5.41) is 0. The number of methoxy groups -OCH3 is 1. The molecule has 1 aliphatic heterocycles. The number of piperidine rings is 1. The van der Waals surface area contributed by atoms with E-state index in [1.54, 1.807) is 11.9 Å². The van der Waals surface area contributed by atoms with E-state index < -0.39 is 21.8 Å². The van der Waals surface area contributed by atoms with Crippen molar-refractivity contribution in [3.05, 3.63) is 54.3 Å². The zero-order valence-corrected chi connectivity index (χ0v) is 16.7. The molecule has 28 heavy (non-hydrogen) atoms. The second-order valence-electron chi connectivity index (χ2n) is 6.73. The molecule has 1 heterocycles. The van der Waals surface area contributed by atoms with Gasteiger partial charge in [0, 0.05) is 25.8 Å². The first-order valence-electron chi connectivity index (χ1n) is 9.01. The number of nitrogens with zero attached hydrogens (tertiary/aromatic N) is 2. The van der Waals surface area contributed by atoms with Gasteiger partial charge in [-0.1, -0.05) is 18.2 Å². The summed E-state index contributed by atoms with van der Waals surface area (Å²) in [6.07, 6.45) is 1.15. The van der Waals surface area contributed by atoms with Gasteiger partial charge in [0.1, 0.15) is 16.5 Å². The normalized spacial score (nSPS) is 17.9. The van der Waals surface area contributed by atoms with E-state index in [0.717, 1.165) is 17.8 Å². The topological polar surface area (TPSA) is 66.9 Å². The molecule has 0 spiro atoms. The van der Waals surface area contributed by atoms with Gasteiger partial charge in [0.15, 0.2) is 0 Å². The number of sulfonamides is 1. The molecular weight excluding hydrogens is 383 g/mol. The van der Waals surface area contributed by atoms with Gasteiger partial charge in [-0.15, -0.1) is 0 Å². The summed E-state index contributed by atoms with van der Waals surface area (Å²) in [6, 6.07) is 12.6. The largest absolute Gasteiger partial charge is 0.495 e. The molecule has 1 atom stereocenters. The number of anilines is 1. The molecular formula is C20H23FN2O4S. The monoisotopic (exact) mass is 406 g/mol. The van der Waals surface area contributed by atoms with Crippen molar-refractivity contribution in [1.29, 1.82) is 0 Å². The van der Waals surface area contributed by atoms with E-state index in [-0.39, 0.29) is 29.6 Å². The highest BCUT2D eigenvalue weighted by molar-refractivity contribution is 7.89. The highest BCUT2D eigenvalue weighted by atomic mass is 32.2. The molecule has 0 aromatic heterocycles. The van der Waals surface area contributed by atoms with E-state index in [2.05, 4.69) is 0 Å². The molecule has 1 fully saturated rings. The van der Waals surface area contributed by atoms with Crippen molar-refractivity contribution in [1.82, 2.24) is 4.31 Å². The zero-order valence-electron chi connectivity index (χ0n) is 15.8.